The van der Waals surface area contributed by atoms with Crippen molar-refractivity contribution >= 4 is 16.8 Å². The van der Waals surface area contributed by atoms with Crippen LogP contribution in [0.2, 0.25) is 0 Å². The average Bonchev–Trinajstić information content (AvgIpc) is 3.17. The van der Waals surface area contributed by atoms with Crippen LogP contribution in [0.3, 0.4) is 0 Å². The van der Waals surface area contributed by atoms with Gasteiger partial charge in [0.15, 0.2) is 0 Å². The Morgan fingerprint density at radius 1 is 1.17 bits per heavy atom. The molecule has 1 fully saturated rings. The van der Waals surface area contributed by atoms with E-state index in [9.17, 15) is 15.0 Å². The number of aliphatic hydroxyl groups is 2. The van der Waals surface area contributed by atoms with E-state index in [4.69, 9.17) is 0 Å². The highest BCUT2D eigenvalue weighted by atomic mass is 16.3. The third-order valence-electron chi connectivity index (χ3n) is 5.99. The van der Waals surface area contributed by atoms with E-state index >= 15 is 0 Å². The summed E-state index contributed by atoms with van der Waals surface area (Å²) in [5.74, 6) is -0.0229. The number of likely N-dealkylation sites (tertiary alicyclic amines) is 1. The van der Waals surface area contributed by atoms with Gasteiger partial charge in [-0.3, -0.25) is 4.79 Å². The summed E-state index contributed by atoms with van der Waals surface area (Å²) in [6.07, 6.45) is 2.66. The SMILES string of the molecule is O=C(Cc1ccccc1)N1CC[C@@H](O)[C@](O)(CNCCc2c[nH]c3ccccc23)C1. The van der Waals surface area contributed by atoms with Crippen LogP contribution in [0.5, 0.6) is 0 Å². The van der Waals surface area contributed by atoms with Gasteiger partial charge >= 0.3 is 0 Å². The molecule has 2 heterocycles. The number of amides is 1. The number of H-pyrrole nitrogens is 1. The number of para-hydroxylation sites is 1. The molecule has 2 aromatic carbocycles. The van der Waals surface area contributed by atoms with Crippen LogP contribution in [0.25, 0.3) is 10.9 Å². The Bertz CT molecular complexity index is 988. The summed E-state index contributed by atoms with van der Waals surface area (Å²) in [6, 6.07) is 17.8. The smallest absolute Gasteiger partial charge is 0.227 e. The van der Waals surface area contributed by atoms with E-state index in [0.29, 0.717) is 25.9 Å². The van der Waals surface area contributed by atoms with Crippen molar-refractivity contribution in [2.75, 3.05) is 26.2 Å². The highest BCUT2D eigenvalue weighted by Gasteiger charge is 2.42. The van der Waals surface area contributed by atoms with Crippen molar-refractivity contribution in [3.8, 4) is 0 Å². The van der Waals surface area contributed by atoms with Crippen LogP contribution in [0.1, 0.15) is 17.5 Å². The van der Waals surface area contributed by atoms with Crippen LogP contribution in [0.15, 0.2) is 60.8 Å². The van der Waals surface area contributed by atoms with Gasteiger partial charge in [0, 0.05) is 30.2 Å². The quantitative estimate of drug-likeness (QED) is 0.450. The van der Waals surface area contributed by atoms with Crippen molar-refractivity contribution in [2.24, 2.45) is 0 Å². The fourth-order valence-electron chi connectivity index (χ4n) is 4.20. The lowest BCUT2D eigenvalue weighted by Gasteiger charge is -2.43. The molecule has 1 aliphatic heterocycles. The summed E-state index contributed by atoms with van der Waals surface area (Å²) in [6.45, 7) is 1.52. The number of aromatic amines is 1. The molecule has 0 unspecified atom stereocenters. The molecule has 30 heavy (non-hydrogen) atoms. The number of β-amino-alcohol motifs (C(OH)–C–C–N with tert-alkyl or cyclic N) is 1. The van der Waals surface area contributed by atoms with Crippen molar-refractivity contribution in [2.45, 2.75) is 31.0 Å². The molecule has 4 rings (SSSR count). The molecule has 6 nitrogen and oxygen atoms in total. The third kappa shape index (κ3) is 4.56. The number of fused-ring (bicyclic) bond motifs is 1. The highest BCUT2D eigenvalue weighted by molar-refractivity contribution is 5.83. The first kappa shape index (κ1) is 20.6. The average molecular weight is 408 g/mol. The zero-order valence-corrected chi connectivity index (χ0v) is 17.1. The van der Waals surface area contributed by atoms with E-state index in [1.54, 1.807) is 4.90 Å². The molecule has 0 saturated carbocycles. The summed E-state index contributed by atoms with van der Waals surface area (Å²) >= 11 is 0. The maximum atomic E-state index is 12.7. The van der Waals surface area contributed by atoms with Crippen LogP contribution in [-0.2, 0) is 17.6 Å². The van der Waals surface area contributed by atoms with Gasteiger partial charge < -0.3 is 25.4 Å². The first-order valence-electron chi connectivity index (χ1n) is 10.5. The van der Waals surface area contributed by atoms with E-state index in [2.05, 4.69) is 22.4 Å². The lowest BCUT2D eigenvalue weighted by molar-refractivity contribution is -0.150. The number of benzene rings is 2. The molecule has 158 valence electrons. The molecule has 4 N–H and O–H groups in total. The summed E-state index contributed by atoms with van der Waals surface area (Å²) < 4.78 is 0. The van der Waals surface area contributed by atoms with E-state index in [1.807, 2.05) is 48.7 Å². The molecule has 0 spiro atoms. The molecular weight excluding hydrogens is 378 g/mol. The monoisotopic (exact) mass is 407 g/mol. The Kier molecular flexibility index (Phi) is 6.18. The number of aromatic nitrogens is 1. The van der Waals surface area contributed by atoms with Gasteiger partial charge in [-0.05, 0) is 36.6 Å². The Balaban J connectivity index is 1.31. The van der Waals surface area contributed by atoms with Gasteiger partial charge in [0.2, 0.25) is 5.91 Å². The van der Waals surface area contributed by atoms with Crippen molar-refractivity contribution < 1.29 is 15.0 Å². The second kappa shape index (κ2) is 9.00. The number of hydrogen-bond acceptors (Lipinski definition) is 4. The van der Waals surface area contributed by atoms with Crippen molar-refractivity contribution in [3.05, 3.63) is 71.9 Å². The Morgan fingerprint density at radius 2 is 1.93 bits per heavy atom. The standard InChI is InChI=1S/C24H29N3O3/c28-22-11-13-27(23(29)14-18-6-2-1-3-7-18)17-24(22,30)16-25-12-10-19-15-26-21-9-5-4-8-20(19)21/h1-9,15,22,25-26,28,30H,10-14,16-17H2/t22-,24+/m1/s1. The lowest BCUT2D eigenvalue weighted by atomic mass is 9.89. The maximum absolute atomic E-state index is 12.7. The number of nitrogens with one attached hydrogen (secondary N) is 2. The summed E-state index contributed by atoms with van der Waals surface area (Å²) in [5.41, 5.74) is 1.94. The summed E-state index contributed by atoms with van der Waals surface area (Å²) in [4.78, 5) is 17.6. The Hall–Kier alpha value is -2.67. The molecule has 0 bridgehead atoms. The van der Waals surface area contributed by atoms with E-state index in [0.717, 1.165) is 17.5 Å². The van der Waals surface area contributed by atoms with Gasteiger partial charge in [0.05, 0.1) is 19.1 Å². The Labute approximate surface area is 176 Å². The van der Waals surface area contributed by atoms with Gasteiger partial charge in [0.1, 0.15) is 5.60 Å². The Morgan fingerprint density at radius 3 is 2.77 bits per heavy atom. The van der Waals surface area contributed by atoms with Gasteiger partial charge in [-0.15, -0.1) is 0 Å². The summed E-state index contributed by atoms with van der Waals surface area (Å²) in [5, 5.41) is 25.9. The molecule has 1 amide bonds. The molecule has 6 heteroatoms. The number of rotatable bonds is 7. The minimum atomic E-state index is -1.34. The van der Waals surface area contributed by atoms with Crippen LogP contribution in [0.4, 0.5) is 0 Å². The molecule has 3 aromatic rings. The molecule has 1 aromatic heterocycles. The lowest BCUT2D eigenvalue weighted by Crippen LogP contribution is -2.62. The van der Waals surface area contributed by atoms with Crippen molar-refractivity contribution in [1.29, 1.82) is 0 Å². The van der Waals surface area contributed by atoms with Crippen LogP contribution in [-0.4, -0.2) is 63.9 Å². The van der Waals surface area contributed by atoms with Crippen LogP contribution >= 0.6 is 0 Å². The van der Waals surface area contributed by atoms with Gasteiger partial charge in [0.25, 0.3) is 0 Å². The minimum Gasteiger partial charge on any atom is -0.390 e. The highest BCUT2D eigenvalue weighted by Crippen LogP contribution is 2.23. The van der Waals surface area contributed by atoms with Crippen molar-refractivity contribution in [1.82, 2.24) is 15.2 Å². The number of aliphatic hydroxyl groups excluding tert-OH is 1. The molecular formula is C24H29N3O3. The van der Waals surface area contributed by atoms with Crippen LogP contribution < -0.4 is 5.32 Å². The normalized spacial score (nSPS) is 21.8. The predicted molar refractivity (Wildman–Crippen MR) is 117 cm³/mol. The number of nitrogens with zero attached hydrogens (tertiary/aromatic N) is 1. The molecule has 0 radical (unpaired) electrons. The fraction of sp³-hybridized carbons (Fsp3) is 0.375. The van der Waals surface area contributed by atoms with Crippen LogP contribution in [0, 0.1) is 0 Å². The number of piperidine rings is 1. The summed E-state index contributed by atoms with van der Waals surface area (Å²) in [7, 11) is 0. The largest absolute Gasteiger partial charge is 0.390 e. The minimum absolute atomic E-state index is 0.0229. The molecule has 1 aliphatic rings. The number of carbonyl (C=O) groups is 1. The van der Waals surface area contributed by atoms with Crippen molar-refractivity contribution in [3.63, 3.8) is 0 Å². The van der Waals surface area contributed by atoms with E-state index in [1.165, 1.54) is 10.9 Å². The van der Waals surface area contributed by atoms with Gasteiger partial charge in [-0.2, -0.15) is 0 Å². The van der Waals surface area contributed by atoms with Gasteiger partial charge in [-0.1, -0.05) is 48.5 Å². The van der Waals surface area contributed by atoms with E-state index in [-0.39, 0.29) is 19.0 Å². The second-order valence-electron chi connectivity index (χ2n) is 8.17. The third-order valence-corrected chi connectivity index (χ3v) is 5.99. The molecule has 0 aliphatic carbocycles. The molecule has 1 saturated heterocycles. The first-order valence-corrected chi connectivity index (χ1v) is 10.5. The zero-order chi connectivity index (χ0) is 21.0. The maximum Gasteiger partial charge on any atom is 0.227 e. The van der Waals surface area contributed by atoms with Gasteiger partial charge in [-0.25, -0.2) is 0 Å². The second-order valence-corrected chi connectivity index (χ2v) is 8.17. The predicted octanol–water partition coefficient (Wildman–Crippen LogP) is 1.87. The molecule has 2 atom stereocenters. The zero-order valence-electron chi connectivity index (χ0n) is 17.1. The van der Waals surface area contributed by atoms with E-state index < -0.39 is 11.7 Å². The first-order chi connectivity index (χ1) is 14.5. The number of carbonyl (C=O) groups excluding carboxylic acids is 1. The fourth-order valence-corrected chi connectivity index (χ4v) is 4.20. The number of hydrogen-bond donors (Lipinski definition) is 4. The topological polar surface area (TPSA) is 88.6 Å².